The van der Waals surface area contributed by atoms with E-state index in [0.717, 1.165) is 0 Å². The second kappa shape index (κ2) is 3.22. The Labute approximate surface area is 53.5 Å². The maximum atomic E-state index is 9.34. The first-order valence-corrected chi connectivity index (χ1v) is 4.59. The second-order valence-electron chi connectivity index (χ2n) is 0.665. The predicted octanol–water partition coefficient (Wildman–Crippen LogP) is -1.02. The minimum Gasteiger partial charge on any atom is -0.340 e. The monoisotopic (exact) mass is 168 g/mol. The first-order chi connectivity index (χ1) is 2.00. The molecule has 0 aromatic rings. The first kappa shape index (κ1) is 10.2. The van der Waals surface area contributed by atoms with E-state index in [1.54, 1.807) is 0 Å². The molecule has 0 fully saturated rings. The van der Waals surface area contributed by atoms with Crippen LogP contribution >= 0.6 is 6.24 Å². The van der Waals surface area contributed by atoms with E-state index in [2.05, 4.69) is 0 Å². The second-order valence-corrected chi connectivity index (χ2v) is 4.47. The summed E-state index contributed by atoms with van der Waals surface area (Å²) in [6.07, 6.45) is -3.61. The topological polar surface area (TPSA) is 57.5 Å². The standard InChI is InChI=1S/Al.Co.HO3P.H/c;;1-4(2)3;/h;;(H-,1,2,3);/q-1;;;/p+1. The molecule has 0 bridgehead atoms. The summed E-state index contributed by atoms with van der Waals surface area (Å²) in [4.78, 5) is 15.3. The van der Waals surface area contributed by atoms with Crippen LogP contribution in [0.5, 0.6) is 0 Å². The molecule has 0 aliphatic carbocycles. The summed E-state index contributed by atoms with van der Waals surface area (Å²) < 4.78 is 9.34. The summed E-state index contributed by atoms with van der Waals surface area (Å²) >= 11 is 0.678. The van der Waals surface area contributed by atoms with Crippen LogP contribution in [0.1, 0.15) is 0 Å². The molecule has 6 heteroatoms. The zero-order chi connectivity index (χ0) is 4.50. The summed E-state index contributed by atoms with van der Waals surface area (Å²) in [5.41, 5.74) is 0. The molecule has 0 amide bonds. The van der Waals surface area contributed by atoms with Crippen LogP contribution in [-0.4, -0.2) is 25.6 Å². The summed E-state index contributed by atoms with van der Waals surface area (Å²) in [6.45, 7) is 0. The number of rotatable bonds is 0. The fourth-order valence-corrected chi connectivity index (χ4v) is 0. The maximum Gasteiger partial charge on any atom is 0.375 e. The van der Waals surface area contributed by atoms with Gasteiger partial charge in [-0.3, -0.25) is 4.57 Å². The van der Waals surface area contributed by atoms with Gasteiger partial charge in [0.2, 0.25) is 6.24 Å². The summed E-state index contributed by atoms with van der Waals surface area (Å²) in [7, 11) is 0. The van der Waals surface area contributed by atoms with Gasteiger partial charge in [-0.2, -0.15) is 0 Å². The average molecular weight is 168 g/mol. The Bertz CT molecular complexity index is 56.9. The van der Waals surface area contributed by atoms with Crippen LogP contribution in [0, 0.1) is 0 Å². The van der Waals surface area contributed by atoms with Crippen LogP contribution in [0.25, 0.3) is 0 Å². The van der Waals surface area contributed by atoms with E-state index >= 15 is 0 Å². The van der Waals surface area contributed by atoms with Crippen LogP contribution in [-0.2, 0) is 21.3 Å². The minimum atomic E-state index is -3.61. The molecule has 0 aromatic heterocycles. The Kier molecular flexibility index (Phi) is 5.50. The van der Waals surface area contributed by atoms with Gasteiger partial charge in [0.15, 0.2) is 0 Å². The van der Waals surface area contributed by atoms with E-state index in [1.807, 2.05) is 0 Å². The van der Waals surface area contributed by atoms with Gasteiger partial charge in [0.1, 0.15) is 0 Å². The van der Waals surface area contributed by atoms with Gasteiger partial charge in [-0.25, -0.2) is 0 Å². The minimum absolute atomic E-state index is 0. The van der Waals surface area contributed by atoms with Crippen molar-refractivity contribution in [2.24, 2.45) is 0 Å². The van der Waals surface area contributed by atoms with Gasteiger partial charge < -0.3 is 9.79 Å². The van der Waals surface area contributed by atoms with Crippen LogP contribution in [0.3, 0.4) is 0 Å². The predicted molar refractivity (Wildman–Crippen MR) is 19.2 cm³/mol. The third kappa shape index (κ3) is 64.4. The van der Waals surface area contributed by atoms with Crippen molar-refractivity contribution in [1.82, 2.24) is 0 Å². The van der Waals surface area contributed by atoms with E-state index in [-0.39, 0.29) is 16.8 Å². The van der Waals surface area contributed by atoms with Crippen LogP contribution in [0.15, 0.2) is 0 Å². The zero-order valence-electron chi connectivity index (χ0n) is 2.79. The Morgan fingerprint density at radius 3 is 1.50 bits per heavy atom. The fourth-order valence-electron chi connectivity index (χ4n) is 0. The third-order valence-corrected chi connectivity index (χ3v) is 0. The van der Waals surface area contributed by atoms with Crippen molar-refractivity contribution >= 4 is 22.1 Å². The molecule has 0 spiro atoms. The zero-order valence-corrected chi connectivity index (χ0v) is 6.14. The van der Waals surface area contributed by atoms with E-state index in [1.165, 1.54) is 0 Å². The third-order valence-electron chi connectivity index (χ3n) is 0. The Morgan fingerprint density at radius 1 is 1.50 bits per heavy atom. The molecule has 2 N–H and O–H groups in total. The van der Waals surface area contributed by atoms with Gasteiger partial charge in [0.05, 0.1) is 0 Å². The van der Waals surface area contributed by atoms with E-state index in [9.17, 15) is 4.57 Å². The molecule has 0 unspecified atom stereocenters. The van der Waals surface area contributed by atoms with Crippen molar-refractivity contribution in [3.05, 3.63) is 0 Å². The molecule has 0 aliphatic heterocycles. The number of hydrogen-bond donors (Lipinski definition) is 2. The van der Waals surface area contributed by atoms with Crippen molar-refractivity contribution in [1.29, 1.82) is 0 Å². The van der Waals surface area contributed by atoms with Crippen molar-refractivity contribution < 1.29 is 31.1 Å². The number of hydrogen-bond acceptors (Lipinski definition) is 1. The van der Waals surface area contributed by atoms with Gasteiger partial charge in [0.25, 0.3) is 0 Å². The molecule has 0 heterocycles. The van der Waals surface area contributed by atoms with Crippen molar-refractivity contribution in [2.75, 3.05) is 0 Å². The Hall–Kier alpha value is 1.19. The maximum absolute atomic E-state index is 9.34. The normalized spacial score (nSPS) is 9.67. The molecule has 2 radical (unpaired) electrons. The van der Waals surface area contributed by atoms with Crippen LogP contribution < -0.4 is 0 Å². The summed E-state index contributed by atoms with van der Waals surface area (Å²) in [5.74, 6) is 0. The first-order valence-electron chi connectivity index (χ1n) is 0.899. The van der Waals surface area contributed by atoms with E-state index < -0.39 is 6.24 Å². The molecular formula is H3AlCoO3P. The van der Waals surface area contributed by atoms with Gasteiger partial charge in [0, 0.05) is 16.8 Å². The van der Waals surface area contributed by atoms with Gasteiger partial charge in [-0.15, -0.1) is 0 Å². The van der Waals surface area contributed by atoms with Crippen LogP contribution in [0.2, 0.25) is 0 Å². The van der Waals surface area contributed by atoms with Gasteiger partial charge in [-0.1, -0.05) is 0 Å². The average Bonchev–Trinajstić information content (AvgIpc) is 0.722. The van der Waals surface area contributed by atoms with E-state index in [0.29, 0.717) is 15.8 Å². The fraction of sp³-hybridized carbons (Fsp3) is 0. The molecular weight excluding hydrogens is 165 g/mol. The smallest absolute Gasteiger partial charge is 0.340 e. The van der Waals surface area contributed by atoms with Crippen molar-refractivity contribution in [3.63, 3.8) is 0 Å². The largest absolute Gasteiger partial charge is 0.375 e. The van der Waals surface area contributed by atoms with Crippen molar-refractivity contribution in [3.8, 4) is 0 Å². The SMILES string of the molecule is O=[P](O)(O)[AlH].[Co]. The molecule has 38 valence electrons. The molecule has 0 saturated heterocycles. The van der Waals surface area contributed by atoms with Gasteiger partial charge >= 0.3 is 15.8 Å². The molecule has 0 saturated carbocycles. The quantitative estimate of drug-likeness (QED) is 0.359. The Morgan fingerprint density at radius 2 is 1.50 bits per heavy atom. The molecule has 0 rings (SSSR count). The van der Waals surface area contributed by atoms with Gasteiger partial charge in [-0.05, 0) is 0 Å². The summed E-state index contributed by atoms with van der Waals surface area (Å²) in [6, 6.07) is 0. The molecule has 0 atom stereocenters. The Balaban J connectivity index is 0. The molecule has 3 nitrogen and oxygen atoms in total. The molecule has 0 aliphatic rings. The van der Waals surface area contributed by atoms with Crippen LogP contribution in [0.4, 0.5) is 0 Å². The molecule has 0 aromatic carbocycles. The molecule has 6 heavy (non-hydrogen) atoms. The van der Waals surface area contributed by atoms with E-state index in [4.69, 9.17) is 9.79 Å². The van der Waals surface area contributed by atoms with Crippen molar-refractivity contribution in [2.45, 2.75) is 0 Å². The summed E-state index contributed by atoms with van der Waals surface area (Å²) in [5, 5.41) is 0.